The standard InChI is InChI=1S/C72H49N7OS/c1-40-24-31-61-64(68-71(80-61)76-65(49-30-27-42-17-12-32-73-56(42)37-49)69(75-68)78-57-21-9-6-18-51(57)54-35-43-13-2-4-15-45(43)38-59(54)78)63(40)47-28-25-41-26-29-48(34-50(41)33-47)66-70(74-67-53-20-8-11-23-62(53)81-72(67)77-66)79-58-22-10-7-19-52(58)55-36-44-14-3-5-16-46(44)39-60(55)79/h2-31,33-40,63,65-66,73,76-77H,32H2,1H3. The summed E-state index contributed by atoms with van der Waals surface area (Å²) in [6, 6.07) is 73.0. The third kappa shape index (κ3) is 6.70. The van der Waals surface area contributed by atoms with Crippen LogP contribution in [0.1, 0.15) is 58.5 Å². The van der Waals surface area contributed by atoms with Gasteiger partial charge in [0.2, 0.25) is 5.88 Å². The maximum atomic E-state index is 7.00. The van der Waals surface area contributed by atoms with Crippen LogP contribution >= 0.6 is 11.3 Å². The molecular weight excluding hydrogens is 1010 g/mol. The van der Waals surface area contributed by atoms with Crippen LogP contribution in [-0.2, 0) is 0 Å². The van der Waals surface area contributed by atoms with Gasteiger partial charge in [-0.1, -0.05) is 171 Å². The van der Waals surface area contributed by atoms with Gasteiger partial charge in [0.15, 0.2) is 0 Å². The van der Waals surface area contributed by atoms with Gasteiger partial charge >= 0.3 is 0 Å². The molecule has 4 aromatic heterocycles. The Balaban J connectivity index is 0.804. The number of hydrogen-bond donors (Lipinski definition) is 3. The fourth-order valence-electron chi connectivity index (χ4n) is 13.8. The van der Waals surface area contributed by atoms with Gasteiger partial charge in [-0.25, -0.2) is 9.98 Å². The van der Waals surface area contributed by atoms with Crippen LogP contribution in [0.5, 0.6) is 0 Å². The molecule has 9 heteroatoms. The van der Waals surface area contributed by atoms with Crippen molar-refractivity contribution in [2.24, 2.45) is 15.9 Å². The number of benzene rings is 10. The van der Waals surface area contributed by atoms with E-state index in [2.05, 4.69) is 257 Å². The lowest BCUT2D eigenvalue weighted by Gasteiger charge is -2.29. The second kappa shape index (κ2) is 17.0. The summed E-state index contributed by atoms with van der Waals surface area (Å²) in [7, 11) is 0. The molecule has 1 aliphatic carbocycles. The Morgan fingerprint density at radius 1 is 0.494 bits per heavy atom. The lowest BCUT2D eigenvalue weighted by Crippen LogP contribution is -2.29. The molecule has 4 atom stereocenters. The lowest BCUT2D eigenvalue weighted by atomic mass is 9.77. The zero-order valence-electron chi connectivity index (χ0n) is 44.0. The van der Waals surface area contributed by atoms with Crippen LogP contribution in [0, 0.1) is 5.92 Å². The van der Waals surface area contributed by atoms with Crippen LogP contribution in [0.4, 0.5) is 27.9 Å². The zero-order chi connectivity index (χ0) is 53.0. The second-order valence-corrected chi connectivity index (χ2v) is 23.3. The molecule has 10 aromatic carbocycles. The summed E-state index contributed by atoms with van der Waals surface area (Å²) in [6.07, 6.45) is 8.84. The number of hydrogen-bond acceptors (Lipinski definition) is 7. The van der Waals surface area contributed by atoms with Crippen molar-refractivity contribution >= 4 is 149 Å². The smallest absolute Gasteiger partial charge is 0.220 e. The lowest BCUT2D eigenvalue weighted by molar-refractivity contribution is 0.539. The molecule has 18 rings (SSSR count). The average Bonchev–Trinajstić information content (AvgIpc) is 4.21. The Labute approximate surface area is 469 Å². The third-order valence-electron chi connectivity index (χ3n) is 17.7. The van der Waals surface area contributed by atoms with Gasteiger partial charge < -0.3 is 20.4 Å². The first-order chi connectivity index (χ1) is 40.0. The fraction of sp³-hybridized carbons (Fsp3) is 0.0833. The van der Waals surface area contributed by atoms with Gasteiger partial charge in [-0.05, 0) is 121 Å². The highest BCUT2D eigenvalue weighted by Gasteiger charge is 2.39. The van der Waals surface area contributed by atoms with Crippen molar-refractivity contribution in [1.82, 2.24) is 9.13 Å². The molecule has 0 radical (unpaired) electrons. The summed E-state index contributed by atoms with van der Waals surface area (Å²) >= 11 is 1.78. The Hall–Kier alpha value is -9.96. The van der Waals surface area contributed by atoms with E-state index in [9.17, 15) is 0 Å². The predicted molar refractivity (Wildman–Crippen MR) is 340 cm³/mol. The van der Waals surface area contributed by atoms with E-state index in [-0.39, 0.29) is 23.9 Å². The van der Waals surface area contributed by atoms with E-state index in [4.69, 9.17) is 14.4 Å². The normalized spacial score (nSPS) is 18.2. The van der Waals surface area contributed by atoms with Crippen molar-refractivity contribution in [3.8, 4) is 0 Å². The van der Waals surface area contributed by atoms with Crippen LogP contribution in [0.25, 0.3) is 98.2 Å². The molecule has 81 heavy (non-hydrogen) atoms. The minimum Gasteiger partial charge on any atom is -0.439 e. The van der Waals surface area contributed by atoms with Gasteiger partial charge in [0.1, 0.15) is 45.9 Å². The molecule has 0 saturated heterocycles. The molecule has 4 aliphatic rings. The molecule has 8 nitrogen and oxygen atoms in total. The summed E-state index contributed by atoms with van der Waals surface area (Å²) in [5.41, 5.74) is 13.2. The molecule has 0 saturated carbocycles. The van der Waals surface area contributed by atoms with Crippen molar-refractivity contribution in [2.75, 3.05) is 22.5 Å². The Kier molecular flexibility index (Phi) is 9.45. The number of rotatable bonds is 3. The first kappa shape index (κ1) is 45.0. The van der Waals surface area contributed by atoms with Gasteiger partial charge in [-0.2, -0.15) is 0 Å². The highest BCUT2D eigenvalue weighted by Crippen LogP contribution is 2.53. The minimum atomic E-state index is -0.333. The molecule has 4 unspecified atom stereocenters. The van der Waals surface area contributed by atoms with Gasteiger partial charge in [0.05, 0.1) is 22.1 Å². The number of fused-ring (bicyclic) bond motifs is 16. The first-order valence-electron chi connectivity index (χ1n) is 28.0. The van der Waals surface area contributed by atoms with Crippen LogP contribution < -0.4 is 16.0 Å². The van der Waals surface area contributed by atoms with Gasteiger partial charge in [-0.3, -0.25) is 9.13 Å². The number of nitrogens with zero attached hydrogens (tertiary/aromatic N) is 4. The van der Waals surface area contributed by atoms with E-state index in [0.717, 1.165) is 95.6 Å². The summed E-state index contributed by atoms with van der Waals surface area (Å²) in [5.74, 6) is 3.47. The van der Waals surface area contributed by atoms with Crippen molar-refractivity contribution in [3.05, 3.63) is 246 Å². The van der Waals surface area contributed by atoms with E-state index >= 15 is 0 Å². The quantitative estimate of drug-likeness (QED) is 0.165. The van der Waals surface area contributed by atoms with Crippen LogP contribution in [-0.4, -0.2) is 27.4 Å². The van der Waals surface area contributed by atoms with E-state index in [1.165, 1.54) is 64.3 Å². The maximum Gasteiger partial charge on any atom is 0.220 e. The SMILES string of the molecule is CC1C=Cc2oc3c(c2C1c1ccc2ccc(C4Nc5sc6ccccc6c5N=C4n4c5ccccc5c5cc6ccccc6cc54)cc2c1)N=C(n1c2ccccc2c2cc4ccccc4cc21)C(c1ccc2c(c1)NCC=C2)N3. The topological polar surface area (TPSA) is 83.8 Å². The number of nitrogens with one attached hydrogen (secondary N) is 3. The predicted octanol–water partition coefficient (Wildman–Crippen LogP) is 18.9. The molecule has 3 aliphatic heterocycles. The highest BCUT2D eigenvalue weighted by atomic mass is 32.1. The van der Waals surface area contributed by atoms with Crippen molar-refractivity contribution in [1.29, 1.82) is 0 Å². The van der Waals surface area contributed by atoms with Gasteiger partial charge in [0, 0.05) is 55.3 Å². The molecule has 14 aromatic rings. The third-order valence-corrected chi connectivity index (χ3v) is 18.8. The van der Waals surface area contributed by atoms with E-state index in [1.54, 1.807) is 11.3 Å². The summed E-state index contributed by atoms with van der Waals surface area (Å²) in [4.78, 5) is 11.7. The zero-order valence-corrected chi connectivity index (χ0v) is 44.8. The molecular formula is C72H49N7OS. The molecule has 0 spiro atoms. The number of aliphatic imine (C=N–C) groups is 2. The van der Waals surface area contributed by atoms with Gasteiger partial charge in [-0.15, -0.1) is 11.3 Å². The number of anilines is 3. The highest BCUT2D eigenvalue weighted by molar-refractivity contribution is 7.23. The number of furan rings is 1. The number of allylic oxidation sites excluding steroid dienone is 1. The van der Waals surface area contributed by atoms with Crippen molar-refractivity contribution < 1.29 is 4.42 Å². The second-order valence-electron chi connectivity index (χ2n) is 22.3. The Morgan fingerprint density at radius 2 is 1.07 bits per heavy atom. The average molecular weight is 1060 g/mol. The minimum absolute atomic E-state index is 0.0470. The van der Waals surface area contributed by atoms with E-state index < -0.39 is 0 Å². The summed E-state index contributed by atoms with van der Waals surface area (Å²) < 4.78 is 13.0. The number of aromatic nitrogens is 2. The molecule has 3 N–H and O–H groups in total. The van der Waals surface area contributed by atoms with Crippen LogP contribution in [0.15, 0.2) is 227 Å². The number of para-hydroxylation sites is 2. The molecule has 0 fully saturated rings. The fourth-order valence-corrected chi connectivity index (χ4v) is 14.9. The molecule has 7 heterocycles. The monoisotopic (exact) mass is 1060 g/mol. The molecule has 0 amide bonds. The summed E-state index contributed by atoms with van der Waals surface area (Å²) in [6.45, 7) is 3.11. The Morgan fingerprint density at radius 3 is 1.79 bits per heavy atom. The largest absolute Gasteiger partial charge is 0.439 e. The van der Waals surface area contributed by atoms with Crippen molar-refractivity contribution in [2.45, 2.75) is 24.9 Å². The van der Waals surface area contributed by atoms with E-state index in [0.29, 0.717) is 5.88 Å². The Bertz CT molecular complexity index is 5200. The van der Waals surface area contributed by atoms with Gasteiger partial charge in [0.25, 0.3) is 0 Å². The molecule has 0 bridgehead atoms. The first-order valence-corrected chi connectivity index (χ1v) is 28.8. The summed E-state index contributed by atoms with van der Waals surface area (Å²) in [5, 5.41) is 25.9. The van der Waals surface area contributed by atoms with E-state index in [1.807, 2.05) is 0 Å². The molecule has 384 valence electrons. The van der Waals surface area contributed by atoms with Crippen LogP contribution in [0.3, 0.4) is 0 Å². The maximum absolute atomic E-state index is 7.00. The van der Waals surface area contributed by atoms with Crippen molar-refractivity contribution in [3.63, 3.8) is 0 Å². The number of thiophene rings is 1. The van der Waals surface area contributed by atoms with Crippen LogP contribution in [0.2, 0.25) is 0 Å².